The number of hydrogen-bond acceptors (Lipinski definition) is 6. The minimum absolute atomic E-state index is 0.00636. The third-order valence-corrected chi connectivity index (χ3v) is 6.34. The highest BCUT2D eigenvalue weighted by Gasteiger charge is 2.48. The van der Waals surface area contributed by atoms with Crippen LogP contribution in [0.3, 0.4) is 0 Å². The van der Waals surface area contributed by atoms with Crippen LogP contribution >= 0.6 is 22.9 Å². The minimum atomic E-state index is -0.808. The van der Waals surface area contributed by atoms with E-state index in [4.69, 9.17) is 21.1 Å². The summed E-state index contributed by atoms with van der Waals surface area (Å²) in [7, 11) is 1.50. The van der Waals surface area contributed by atoms with E-state index in [1.165, 1.54) is 23.3 Å². The lowest BCUT2D eigenvalue weighted by Gasteiger charge is -2.25. The third-order valence-electron chi connectivity index (χ3n) is 5.11. The molecule has 1 aliphatic heterocycles. The average Bonchev–Trinajstić information content (AvgIpc) is 3.42. The summed E-state index contributed by atoms with van der Waals surface area (Å²) in [6.45, 7) is 2.20. The first-order valence-corrected chi connectivity index (χ1v) is 11.1. The standard InChI is InChI=1S/C24H20ClNO5S/c1-3-31-18-13-14(10-11-15(18)25)22(27)20-21(19-9-6-12-32-19)26(24(29)23(20)28)16-7-4-5-8-17(16)30-2/h4-13,21,27H,3H2,1-2H3/b22-20-. The van der Waals surface area contributed by atoms with Gasteiger partial charge in [0.15, 0.2) is 0 Å². The molecule has 1 amide bonds. The number of carbonyl (C=O) groups excluding carboxylic acids is 2. The van der Waals surface area contributed by atoms with Crippen LogP contribution in [0.2, 0.25) is 5.02 Å². The number of hydrogen-bond donors (Lipinski definition) is 1. The van der Waals surface area contributed by atoms with E-state index < -0.39 is 17.7 Å². The topological polar surface area (TPSA) is 76.1 Å². The van der Waals surface area contributed by atoms with Crippen molar-refractivity contribution in [2.24, 2.45) is 0 Å². The van der Waals surface area contributed by atoms with Crippen LogP contribution in [0.25, 0.3) is 5.76 Å². The molecule has 1 aliphatic rings. The summed E-state index contributed by atoms with van der Waals surface area (Å²) in [4.78, 5) is 28.5. The predicted molar refractivity (Wildman–Crippen MR) is 125 cm³/mol. The lowest BCUT2D eigenvalue weighted by Crippen LogP contribution is -2.29. The van der Waals surface area contributed by atoms with E-state index in [0.717, 1.165) is 4.88 Å². The fourth-order valence-electron chi connectivity index (χ4n) is 3.70. The largest absolute Gasteiger partial charge is 0.507 e. The molecule has 1 N–H and O–H groups in total. The zero-order valence-electron chi connectivity index (χ0n) is 17.4. The lowest BCUT2D eigenvalue weighted by molar-refractivity contribution is -0.132. The van der Waals surface area contributed by atoms with Crippen LogP contribution in [0.4, 0.5) is 5.69 Å². The molecule has 1 saturated heterocycles. The molecule has 0 radical (unpaired) electrons. The van der Waals surface area contributed by atoms with Gasteiger partial charge >= 0.3 is 0 Å². The van der Waals surface area contributed by atoms with Crippen molar-refractivity contribution in [2.45, 2.75) is 13.0 Å². The van der Waals surface area contributed by atoms with Gasteiger partial charge in [0.2, 0.25) is 0 Å². The number of nitrogens with zero attached hydrogens (tertiary/aromatic N) is 1. The summed E-state index contributed by atoms with van der Waals surface area (Å²) in [5.41, 5.74) is 0.770. The van der Waals surface area contributed by atoms with E-state index in [9.17, 15) is 14.7 Å². The highest BCUT2D eigenvalue weighted by atomic mass is 35.5. The maximum Gasteiger partial charge on any atom is 0.300 e. The number of amides is 1. The molecule has 6 nitrogen and oxygen atoms in total. The van der Waals surface area contributed by atoms with Crippen molar-refractivity contribution in [3.05, 3.63) is 81.0 Å². The Morgan fingerprint density at radius 1 is 1.12 bits per heavy atom. The molecule has 1 unspecified atom stereocenters. The maximum atomic E-state index is 13.2. The SMILES string of the molecule is CCOc1cc(/C(O)=C2/C(=O)C(=O)N(c3ccccc3OC)C2c2cccs2)ccc1Cl. The number of aliphatic hydroxyl groups is 1. The molecule has 0 bridgehead atoms. The quantitative estimate of drug-likeness (QED) is 0.296. The van der Waals surface area contributed by atoms with Crippen molar-refractivity contribution in [1.29, 1.82) is 0 Å². The van der Waals surface area contributed by atoms with Gasteiger partial charge in [0, 0.05) is 10.4 Å². The number of anilines is 1. The molecule has 0 spiro atoms. The summed E-state index contributed by atoms with van der Waals surface area (Å²) in [6.07, 6.45) is 0. The molecule has 4 rings (SSSR count). The van der Waals surface area contributed by atoms with Gasteiger partial charge in [0.25, 0.3) is 11.7 Å². The Morgan fingerprint density at radius 3 is 2.59 bits per heavy atom. The molecule has 32 heavy (non-hydrogen) atoms. The number of ketones is 1. The average molecular weight is 470 g/mol. The summed E-state index contributed by atoms with van der Waals surface area (Å²) in [5, 5.41) is 13.4. The number of benzene rings is 2. The van der Waals surface area contributed by atoms with E-state index in [0.29, 0.717) is 34.4 Å². The van der Waals surface area contributed by atoms with Gasteiger partial charge in [-0.15, -0.1) is 11.3 Å². The zero-order chi connectivity index (χ0) is 22.8. The van der Waals surface area contributed by atoms with Crippen molar-refractivity contribution in [3.63, 3.8) is 0 Å². The lowest BCUT2D eigenvalue weighted by atomic mass is 9.99. The smallest absolute Gasteiger partial charge is 0.300 e. The zero-order valence-corrected chi connectivity index (χ0v) is 18.9. The molecular formula is C24H20ClNO5S. The molecule has 164 valence electrons. The van der Waals surface area contributed by atoms with Crippen LogP contribution in [0, 0.1) is 0 Å². The molecule has 1 aromatic heterocycles. The van der Waals surface area contributed by atoms with Gasteiger partial charge in [-0.05, 0) is 48.7 Å². The van der Waals surface area contributed by atoms with Gasteiger partial charge in [-0.25, -0.2) is 0 Å². The number of aliphatic hydroxyl groups excluding tert-OH is 1. The van der Waals surface area contributed by atoms with E-state index in [-0.39, 0.29) is 11.3 Å². The number of carbonyl (C=O) groups is 2. The van der Waals surface area contributed by atoms with E-state index in [1.807, 2.05) is 24.4 Å². The highest BCUT2D eigenvalue weighted by molar-refractivity contribution is 7.10. The Morgan fingerprint density at radius 2 is 1.91 bits per heavy atom. The Labute approximate surface area is 194 Å². The second-order valence-electron chi connectivity index (χ2n) is 6.93. The van der Waals surface area contributed by atoms with Crippen molar-refractivity contribution >= 4 is 46.1 Å². The van der Waals surface area contributed by atoms with E-state index in [1.54, 1.807) is 42.5 Å². The van der Waals surface area contributed by atoms with Crippen molar-refractivity contribution in [2.75, 3.05) is 18.6 Å². The molecule has 3 aromatic rings. The summed E-state index contributed by atoms with van der Waals surface area (Å²) in [6, 6.07) is 14.5. The number of ether oxygens (including phenoxy) is 2. The molecule has 8 heteroatoms. The number of thiophene rings is 1. The number of rotatable bonds is 6. The van der Waals surface area contributed by atoms with Gasteiger partial charge < -0.3 is 14.6 Å². The summed E-state index contributed by atoms with van der Waals surface area (Å²) in [5.74, 6) is -0.990. The van der Waals surface area contributed by atoms with Crippen LogP contribution in [0.5, 0.6) is 11.5 Å². The monoisotopic (exact) mass is 469 g/mol. The molecule has 2 heterocycles. The molecule has 2 aromatic carbocycles. The van der Waals surface area contributed by atoms with Crippen LogP contribution in [0.15, 0.2) is 65.6 Å². The molecule has 0 saturated carbocycles. The Bertz CT molecular complexity index is 1200. The van der Waals surface area contributed by atoms with E-state index >= 15 is 0 Å². The van der Waals surface area contributed by atoms with Crippen molar-refractivity contribution in [3.8, 4) is 11.5 Å². The van der Waals surface area contributed by atoms with Crippen LogP contribution < -0.4 is 14.4 Å². The summed E-state index contributed by atoms with van der Waals surface area (Å²) < 4.78 is 10.9. The first kappa shape index (κ1) is 21.9. The van der Waals surface area contributed by atoms with Crippen molar-refractivity contribution in [1.82, 2.24) is 0 Å². The van der Waals surface area contributed by atoms with Crippen molar-refractivity contribution < 1.29 is 24.2 Å². The van der Waals surface area contributed by atoms with Gasteiger partial charge in [-0.2, -0.15) is 0 Å². The Kier molecular flexibility index (Phi) is 6.21. The summed E-state index contributed by atoms with van der Waals surface area (Å²) >= 11 is 7.56. The fourth-order valence-corrected chi connectivity index (χ4v) is 4.69. The Balaban J connectivity index is 1.92. The van der Waals surface area contributed by atoms with Gasteiger partial charge in [-0.3, -0.25) is 14.5 Å². The maximum absolute atomic E-state index is 13.2. The number of para-hydroxylation sites is 2. The molecule has 1 atom stereocenters. The Hall–Kier alpha value is -3.29. The highest BCUT2D eigenvalue weighted by Crippen LogP contribution is 2.46. The number of methoxy groups -OCH3 is 1. The first-order chi connectivity index (χ1) is 15.5. The predicted octanol–water partition coefficient (Wildman–Crippen LogP) is 5.44. The van der Waals surface area contributed by atoms with Crippen LogP contribution in [0.1, 0.15) is 23.4 Å². The number of halogens is 1. The molecule has 1 fully saturated rings. The second kappa shape index (κ2) is 9.06. The van der Waals surface area contributed by atoms with Gasteiger partial charge in [0.1, 0.15) is 23.3 Å². The fraction of sp³-hybridized carbons (Fsp3) is 0.167. The molecular weight excluding hydrogens is 450 g/mol. The van der Waals surface area contributed by atoms with Gasteiger partial charge in [-0.1, -0.05) is 29.8 Å². The third kappa shape index (κ3) is 3.74. The first-order valence-electron chi connectivity index (χ1n) is 9.88. The molecule has 0 aliphatic carbocycles. The number of Topliss-reactive ketones (excluding diaryl/α,β-unsaturated/α-hetero) is 1. The van der Waals surface area contributed by atoms with E-state index in [2.05, 4.69) is 0 Å². The normalized spacial score (nSPS) is 17.6. The second-order valence-corrected chi connectivity index (χ2v) is 8.32. The van der Waals surface area contributed by atoms with Crippen LogP contribution in [-0.2, 0) is 9.59 Å². The van der Waals surface area contributed by atoms with Crippen LogP contribution in [-0.4, -0.2) is 30.5 Å². The minimum Gasteiger partial charge on any atom is -0.507 e. The van der Waals surface area contributed by atoms with Gasteiger partial charge in [0.05, 0.1) is 30.0 Å².